The molecule has 1 fully saturated rings. The van der Waals surface area contributed by atoms with E-state index in [1.165, 1.54) is 0 Å². The van der Waals surface area contributed by atoms with Crippen molar-refractivity contribution >= 4 is 12.2 Å². The van der Waals surface area contributed by atoms with Crippen LogP contribution in [0.5, 0.6) is 0 Å². The van der Waals surface area contributed by atoms with E-state index in [-0.39, 0.29) is 0 Å². The molecule has 18 heavy (non-hydrogen) atoms. The first-order valence-electron chi connectivity index (χ1n) is 6.22. The summed E-state index contributed by atoms with van der Waals surface area (Å²) in [7, 11) is 0. The van der Waals surface area contributed by atoms with Crippen LogP contribution in [0.25, 0.3) is 0 Å². The third-order valence-electron chi connectivity index (χ3n) is 3.44. The van der Waals surface area contributed by atoms with Gasteiger partial charge in [-0.2, -0.15) is 4.99 Å². The van der Waals surface area contributed by atoms with Gasteiger partial charge in [0.2, 0.25) is 6.08 Å². The van der Waals surface area contributed by atoms with Crippen molar-refractivity contribution in [3.05, 3.63) is 0 Å². The smallest absolute Gasteiger partial charge is 0.408 e. The van der Waals surface area contributed by atoms with Crippen LogP contribution in [-0.2, 0) is 9.53 Å². The lowest BCUT2D eigenvalue weighted by molar-refractivity contribution is 0.0260. The minimum Gasteiger partial charge on any atom is -0.444 e. The molecule has 1 N–H and O–H groups in total. The predicted octanol–water partition coefficient (Wildman–Crippen LogP) is 2.55. The normalized spacial score (nSPS) is 18.3. The summed E-state index contributed by atoms with van der Waals surface area (Å²) >= 11 is 0. The van der Waals surface area contributed by atoms with Crippen molar-refractivity contribution < 1.29 is 14.3 Å². The van der Waals surface area contributed by atoms with Gasteiger partial charge in [-0.25, -0.2) is 9.59 Å². The Morgan fingerprint density at radius 1 is 1.28 bits per heavy atom. The van der Waals surface area contributed by atoms with Gasteiger partial charge in [0, 0.05) is 0 Å². The molecule has 5 nitrogen and oxygen atoms in total. The minimum atomic E-state index is -0.663. The molecular formula is C13H22N2O3. The van der Waals surface area contributed by atoms with Crippen LogP contribution in [0.1, 0.15) is 53.9 Å². The van der Waals surface area contributed by atoms with Crippen molar-refractivity contribution in [3.8, 4) is 0 Å². The zero-order valence-corrected chi connectivity index (χ0v) is 11.8. The Kier molecular flexibility index (Phi) is 3.86. The summed E-state index contributed by atoms with van der Waals surface area (Å²) in [5.74, 6) is 0. The molecule has 0 heterocycles. The summed E-state index contributed by atoms with van der Waals surface area (Å²) in [6.45, 7) is 9.10. The van der Waals surface area contributed by atoms with Gasteiger partial charge >= 0.3 is 6.09 Å². The van der Waals surface area contributed by atoms with Crippen LogP contribution >= 0.6 is 0 Å². The van der Waals surface area contributed by atoms with Gasteiger partial charge in [0.1, 0.15) is 5.60 Å². The number of nitrogens with one attached hydrogen (secondary N) is 1. The number of nitrogens with zero attached hydrogens (tertiary/aromatic N) is 1. The number of isocyanates is 1. The Morgan fingerprint density at radius 3 is 2.17 bits per heavy atom. The molecule has 5 heteroatoms. The van der Waals surface area contributed by atoms with Gasteiger partial charge in [0.15, 0.2) is 0 Å². The average molecular weight is 254 g/mol. The number of amides is 1. The molecule has 1 amide bonds. The largest absolute Gasteiger partial charge is 0.444 e. The molecule has 102 valence electrons. The summed E-state index contributed by atoms with van der Waals surface area (Å²) in [6.07, 6.45) is 3.72. The van der Waals surface area contributed by atoms with E-state index in [1.807, 2.05) is 34.6 Å². The molecule has 0 radical (unpaired) electrons. The van der Waals surface area contributed by atoms with Gasteiger partial charge in [0.05, 0.1) is 11.1 Å². The molecule has 1 aliphatic rings. The highest BCUT2D eigenvalue weighted by Crippen LogP contribution is 2.42. The lowest BCUT2D eigenvalue weighted by Crippen LogP contribution is -2.65. The lowest BCUT2D eigenvalue weighted by atomic mass is 9.65. The fourth-order valence-electron chi connectivity index (χ4n) is 2.14. The third-order valence-corrected chi connectivity index (χ3v) is 3.44. The van der Waals surface area contributed by atoms with Gasteiger partial charge in [-0.15, -0.1) is 0 Å². The van der Waals surface area contributed by atoms with Crippen molar-refractivity contribution in [2.24, 2.45) is 4.99 Å². The monoisotopic (exact) mass is 254 g/mol. The molecule has 0 spiro atoms. The Labute approximate surface area is 108 Å². The SMILES string of the molecule is CC(C)(C)OC(=O)NC1(C(C)(C)N=C=O)CCC1. The van der Waals surface area contributed by atoms with Gasteiger partial charge in [-0.05, 0) is 53.9 Å². The topological polar surface area (TPSA) is 67.8 Å². The van der Waals surface area contributed by atoms with Crippen LogP contribution in [0.15, 0.2) is 4.99 Å². The van der Waals surface area contributed by atoms with Gasteiger partial charge < -0.3 is 10.1 Å². The summed E-state index contributed by atoms with van der Waals surface area (Å²) in [5, 5.41) is 2.88. The van der Waals surface area contributed by atoms with Crippen molar-refractivity contribution in [2.45, 2.75) is 70.6 Å². The maximum absolute atomic E-state index is 11.8. The number of aliphatic imine (C=N–C) groups is 1. The van der Waals surface area contributed by atoms with E-state index >= 15 is 0 Å². The first kappa shape index (κ1) is 14.7. The molecular weight excluding hydrogens is 232 g/mol. The molecule has 0 aliphatic heterocycles. The number of carbonyl (C=O) groups is 1. The molecule has 0 aromatic carbocycles. The van der Waals surface area contributed by atoms with Crippen molar-refractivity contribution in [2.75, 3.05) is 0 Å². The van der Waals surface area contributed by atoms with Crippen molar-refractivity contribution in [1.82, 2.24) is 5.32 Å². The predicted molar refractivity (Wildman–Crippen MR) is 68.2 cm³/mol. The fraction of sp³-hybridized carbons (Fsp3) is 0.846. The van der Waals surface area contributed by atoms with E-state index in [0.717, 1.165) is 19.3 Å². The zero-order valence-electron chi connectivity index (χ0n) is 11.8. The Balaban J connectivity index is 2.79. The standard InChI is InChI=1S/C13H22N2O3/c1-11(2,3)18-10(17)15-13(7-6-8-13)12(4,5)14-9-16/h6-8H2,1-5H3,(H,15,17). The van der Waals surface area contributed by atoms with E-state index < -0.39 is 22.8 Å². The Hall–Kier alpha value is -1.35. The lowest BCUT2D eigenvalue weighted by Gasteiger charge is -2.50. The molecule has 0 saturated heterocycles. The van der Waals surface area contributed by atoms with E-state index in [1.54, 1.807) is 6.08 Å². The Morgan fingerprint density at radius 2 is 1.83 bits per heavy atom. The highest BCUT2D eigenvalue weighted by molar-refractivity contribution is 5.69. The van der Waals surface area contributed by atoms with Crippen LogP contribution in [0.4, 0.5) is 4.79 Å². The van der Waals surface area contributed by atoms with Gasteiger partial charge in [-0.3, -0.25) is 0 Å². The van der Waals surface area contributed by atoms with Crippen LogP contribution in [0.3, 0.4) is 0 Å². The van der Waals surface area contributed by atoms with E-state index in [9.17, 15) is 9.59 Å². The Bertz CT molecular complexity index is 372. The van der Waals surface area contributed by atoms with Crippen LogP contribution in [-0.4, -0.2) is 28.9 Å². The maximum Gasteiger partial charge on any atom is 0.408 e. The van der Waals surface area contributed by atoms with Crippen molar-refractivity contribution in [1.29, 1.82) is 0 Å². The molecule has 1 saturated carbocycles. The van der Waals surface area contributed by atoms with Crippen molar-refractivity contribution in [3.63, 3.8) is 0 Å². The number of hydrogen-bond acceptors (Lipinski definition) is 4. The van der Waals surface area contributed by atoms with Gasteiger partial charge in [0.25, 0.3) is 0 Å². The van der Waals surface area contributed by atoms with E-state index in [2.05, 4.69) is 10.3 Å². The highest BCUT2D eigenvalue weighted by Gasteiger charge is 2.51. The molecule has 1 aliphatic carbocycles. The molecule has 0 aromatic heterocycles. The minimum absolute atomic E-state index is 0.462. The van der Waals surface area contributed by atoms with Crippen LogP contribution < -0.4 is 5.32 Å². The number of hydrogen-bond donors (Lipinski definition) is 1. The van der Waals surface area contributed by atoms with E-state index in [0.29, 0.717) is 0 Å². The molecule has 1 rings (SSSR count). The molecule has 0 bridgehead atoms. The number of alkyl carbamates (subject to hydrolysis) is 1. The summed E-state index contributed by atoms with van der Waals surface area (Å²) < 4.78 is 5.25. The number of ether oxygens (including phenoxy) is 1. The van der Waals surface area contributed by atoms with Gasteiger partial charge in [-0.1, -0.05) is 0 Å². The summed E-state index contributed by atoms with van der Waals surface area (Å²) in [5.41, 5.74) is -1.69. The summed E-state index contributed by atoms with van der Waals surface area (Å²) in [6, 6.07) is 0. The number of rotatable bonds is 3. The fourth-order valence-corrected chi connectivity index (χ4v) is 2.14. The molecule has 0 unspecified atom stereocenters. The first-order chi connectivity index (χ1) is 8.12. The maximum atomic E-state index is 11.8. The third kappa shape index (κ3) is 3.10. The molecule has 0 atom stereocenters. The number of carbonyl (C=O) groups excluding carboxylic acids is 2. The van der Waals surface area contributed by atoms with E-state index in [4.69, 9.17) is 4.74 Å². The van der Waals surface area contributed by atoms with Crippen LogP contribution in [0.2, 0.25) is 0 Å². The second-order valence-electron chi connectivity index (χ2n) is 6.32. The average Bonchev–Trinajstić information content (AvgIpc) is 2.07. The second kappa shape index (κ2) is 4.73. The highest BCUT2D eigenvalue weighted by atomic mass is 16.6. The first-order valence-corrected chi connectivity index (χ1v) is 6.22. The zero-order chi connectivity index (χ0) is 14.0. The molecule has 0 aromatic rings. The quantitative estimate of drug-likeness (QED) is 0.621. The van der Waals surface area contributed by atoms with Crippen LogP contribution in [0, 0.1) is 0 Å². The summed E-state index contributed by atoms with van der Waals surface area (Å²) in [4.78, 5) is 26.2. The second-order valence-corrected chi connectivity index (χ2v) is 6.32.